The second kappa shape index (κ2) is 12.1. The van der Waals surface area contributed by atoms with Crippen LogP contribution in [0.4, 0.5) is 20.2 Å². The molecule has 2 rings (SSSR count). The van der Waals surface area contributed by atoms with Gasteiger partial charge in [0.2, 0.25) is 0 Å². The average Bonchev–Trinajstić information content (AvgIpc) is 2.67. The molecule has 0 aliphatic rings. The zero-order valence-corrected chi connectivity index (χ0v) is 16.6. The highest BCUT2D eigenvalue weighted by molar-refractivity contribution is 7.98. The first-order chi connectivity index (χ1) is 13.0. The van der Waals surface area contributed by atoms with E-state index in [1.807, 2.05) is 13.8 Å². The number of alkyl halides is 2. The van der Waals surface area contributed by atoms with Crippen LogP contribution in [0.1, 0.15) is 19.5 Å². The van der Waals surface area contributed by atoms with Crippen LogP contribution in [0.2, 0.25) is 0 Å². The average molecular weight is 401 g/mol. The molecule has 0 bridgehead atoms. The van der Waals surface area contributed by atoms with Crippen LogP contribution in [-0.4, -0.2) is 31.7 Å². The maximum atomic E-state index is 12.2. The Kier molecular flexibility index (Phi) is 10.1. The van der Waals surface area contributed by atoms with Crippen LogP contribution < -0.4 is 25.3 Å². The summed E-state index contributed by atoms with van der Waals surface area (Å²) < 4.78 is 39.2. The van der Waals surface area contributed by atoms with Crippen LogP contribution >= 0.6 is 11.8 Å². The van der Waals surface area contributed by atoms with Crippen molar-refractivity contribution < 1.29 is 23.0 Å². The third-order valence-corrected chi connectivity index (χ3v) is 4.04. The topological polar surface area (TPSA) is 78.6 Å². The van der Waals surface area contributed by atoms with Crippen molar-refractivity contribution in [3.63, 3.8) is 0 Å². The first kappa shape index (κ1) is 22.6. The number of benzene rings is 1. The number of rotatable bonds is 9. The highest BCUT2D eigenvalue weighted by Gasteiger charge is 2.11. The summed E-state index contributed by atoms with van der Waals surface area (Å²) in [6, 6.07) is 6.11. The van der Waals surface area contributed by atoms with Gasteiger partial charge in [0.25, 0.3) is 0 Å². The minimum absolute atomic E-state index is 0.0241. The molecule has 0 fully saturated rings. The molecule has 0 aliphatic heterocycles. The highest BCUT2D eigenvalue weighted by Crippen LogP contribution is 2.31. The molecule has 27 heavy (non-hydrogen) atoms. The minimum Gasteiger partial charge on any atom is -0.493 e. The zero-order chi connectivity index (χ0) is 20.2. The van der Waals surface area contributed by atoms with E-state index in [1.54, 1.807) is 44.3 Å². The summed E-state index contributed by atoms with van der Waals surface area (Å²) >= 11 is 1.56. The molecular weight excluding hydrogens is 376 g/mol. The van der Waals surface area contributed by atoms with Crippen molar-refractivity contribution in [2.45, 2.75) is 26.2 Å². The molecule has 6 nitrogen and oxygen atoms in total. The molecule has 0 spiro atoms. The van der Waals surface area contributed by atoms with Crippen molar-refractivity contribution in [3.8, 4) is 17.2 Å². The van der Waals surface area contributed by atoms with Crippen LogP contribution in [-0.2, 0) is 5.75 Å². The molecule has 9 heteroatoms. The fourth-order valence-corrected chi connectivity index (χ4v) is 2.87. The van der Waals surface area contributed by atoms with E-state index in [2.05, 4.69) is 15.0 Å². The summed E-state index contributed by atoms with van der Waals surface area (Å²) in [6.45, 7) is 1.12. The fraction of sp³-hybridized carbons (Fsp3) is 0.389. The fourth-order valence-electron chi connectivity index (χ4n) is 2.11. The number of pyridine rings is 1. The Hall–Kier alpha value is -2.42. The lowest BCUT2D eigenvalue weighted by Crippen LogP contribution is -2.05. The van der Waals surface area contributed by atoms with Gasteiger partial charge in [-0.2, -0.15) is 8.78 Å². The van der Waals surface area contributed by atoms with Crippen LogP contribution in [0, 0.1) is 0 Å². The lowest BCUT2D eigenvalue weighted by Gasteiger charge is -2.13. The number of nitrogens with one attached hydrogen (secondary N) is 1. The first-order valence-electron chi connectivity index (χ1n) is 8.27. The molecule has 0 saturated heterocycles. The van der Waals surface area contributed by atoms with Gasteiger partial charge in [-0.3, -0.25) is 4.98 Å². The quantitative estimate of drug-likeness (QED) is 0.361. The summed E-state index contributed by atoms with van der Waals surface area (Å²) in [7, 11) is 3.14. The molecule has 1 heterocycles. The molecule has 150 valence electrons. The lowest BCUT2D eigenvalue weighted by atomic mass is 10.2. The van der Waals surface area contributed by atoms with Crippen LogP contribution in [0.25, 0.3) is 0 Å². The van der Waals surface area contributed by atoms with Gasteiger partial charge in [0.1, 0.15) is 5.75 Å². The van der Waals surface area contributed by atoms with E-state index in [9.17, 15) is 8.78 Å². The van der Waals surface area contributed by atoms with Crippen LogP contribution in [0.5, 0.6) is 17.2 Å². The third-order valence-electron chi connectivity index (χ3n) is 3.22. The Morgan fingerprint density at radius 1 is 1.19 bits per heavy atom. The van der Waals surface area contributed by atoms with Gasteiger partial charge < -0.3 is 25.3 Å². The van der Waals surface area contributed by atoms with Crippen molar-refractivity contribution in [1.82, 2.24) is 4.98 Å². The predicted molar refractivity (Wildman–Crippen MR) is 106 cm³/mol. The number of halogens is 2. The molecule has 0 amide bonds. The summed E-state index contributed by atoms with van der Waals surface area (Å²) in [6.07, 6.45) is 1.66. The van der Waals surface area contributed by atoms with Gasteiger partial charge in [0.05, 0.1) is 37.2 Å². The standard InChI is InChI=1S/C16H19F2N3O3S.C2H6/c1-22-14-5-6-20-13(15(14)23-2)8-25-9-21-12-4-3-10(7-11(12)19)24-16(17)18;1-2/h3-7,16,21H,8-9,19H2,1-2H3;1-2H3. The molecule has 3 N–H and O–H groups in total. The number of nitrogen functional groups attached to an aromatic ring is 1. The van der Waals surface area contributed by atoms with Crippen molar-refractivity contribution in [1.29, 1.82) is 0 Å². The van der Waals surface area contributed by atoms with E-state index in [1.165, 1.54) is 12.1 Å². The number of anilines is 2. The molecule has 0 aliphatic carbocycles. The van der Waals surface area contributed by atoms with Crippen LogP contribution in [0.15, 0.2) is 30.5 Å². The smallest absolute Gasteiger partial charge is 0.387 e. The number of methoxy groups -OCH3 is 2. The van der Waals surface area contributed by atoms with Gasteiger partial charge in [0.15, 0.2) is 11.5 Å². The van der Waals surface area contributed by atoms with Gasteiger partial charge >= 0.3 is 6.61 Å². The number of nitrogens with two attached hydrogens (primary N) is 1. The molecule has 0 atom stereocenters. The molecule has 0 saturated carbocycles. The van der Waals surface area contributed by atoms with E-state index in [-0.39, 0.29) is 5.75 Å². The van der Waals surface area contributed by atoms with Crippen molar-refractivity contribution >= 4 is 23.1 Å². The van der Waals surface area contributed by atoms with Crippen molar-refractivity contribution in [2.75, 3.05) is 31.1 Å². The zero-order valence-electron chi connectivity index (χ0n) is 15.8. The normalized spacial score (nSPS) is 10.0. The van der Waals surface area contributed by atoms with Gasteiger partial charge in [-0.25, -0.2) is 0 Å². The Bertz CT molecular complexity index is 706. The van der Waals surface area contributed by atoms with E-state index >= 15 is 0 Å². The predicted octanol–water partition coefficient (Wildman–Crippen LogP) is 4.61. The van der Waals surface area contributed by atoms with Gasteiger partial charge in [-0.15, -0.1) is 11.8 Å². The molecular formula is C18H25F2N3O3S. The Labute approximate surface area is 162 Å². The van der Waals surface area contributed by atoms with E-state index in [0.29, 0.717) is 34.5 Å². The summed E-state index contributed by atoms with van der Waals surface area (Å²) in [5.41, 5.74) is 7.56. The van der Waals surface area contributed by atoms with Gasteiger partial charge in [-0.1, -0.05) is 13.8 Å². The number of hydrogen-bond acceptors (Lipinski definition) is 7. The summed E-state index contributed by atoms with van der Waals surface area (Å²) in [5.74, 6) is 2.39. The molecule has 0 radical (unpaired) electrons. The number of hydrogen-bond donors (Lipinski definition) is 2. The van der Waals surface area contributed by atoms with Crippen molar-refractivity contribution in [3.05, 3.63) is 36.2 Å². The van der Waals surface area contributed by atoms with E-state index < -0.39 is 6.61 Å². The Morgan fingerprint density at radius 2 is 1.93 bits per heavy atom. The van der Waals surface area contributed by atoms with Crippen LogP contribution in [0.3, 0.4) is 0 Å². The number of ether oxygens (including phenoxy) is 3. The first-order valence-corrected chi connectivity index (χ1v) is 9.42. The third kappa shape index (κ3) is 7.01. The largest absolute Gasteiger partial charge is 0.493 e. The van der Waals surface area contributed by atoms with E-state index in [4.69, 9.17) is 15.2 Å². The molecule has 0 unspecified atom stereocenters. The number of nitrogens with zero attached hydrogens (tertiary/aromatic N) is 1. The van der Waals surface area contributed by atoms with E-state index in [0.717, 1.165) is 5.69 Å². The summed E-state index contributed by atoms with van der Waals surface area (Å²) in [4.78, 5) is 4.29. The minimum atomic E-state index is -2.88. The maximum Gasteiger partial charge on any atom is 0.387 e. The second-order valence-electron chi connectivity index (χ2n) is 4.79. The summed E-state index contributed by atoms with van der Waals surface area (Å²) in [5, 5.41) is 3.12. The number of aromatic nitrogens is 1. The van der Waals surface area contributed by atoms with Crippen molar-refractivity contribution in [2.24, 2.45) is 0 Å². The molecule has 2 aromatic rings. The number of thioether (sulfide) groups is 1. The highest BCUT2D eigenvalue weighted by atomic mass is 32.2. The molecule has 1 aromatic heterocycles. The Morgan fingerprint density at radius 3 is 2.52 bits per heavy atom. The Balaban J connectivity index is 0.00000176. The maximum absolute atomic E-state index is 12.2. The monoisotopic (exact) mass is 401 g/mol. The second-order valence-corrected chi connectivity index (χ2v) is 5.78. The lowest BCUT2D eigenvalue weighted by molar-refractivity contribution is -0.0497. The van der Waals surface area contributed by atoms with Gasteiger partial charge in [0, 0.05) is 24.1 Å². The molecule has 1 aromatic carbocycles. The SMILES string of the molecule is CC.COc1ccnc(CSCNc2ccc(OC(F)F)cc2N)c1OC. The van der Waals surface area contributed by atoms with Gasteiger partial charge in [-0.05, 0) is 12.1 Å².